The summed E-state index contributed by atoms with van der Waals surface area (Å²) in [6.45, 7) is 1.41. The molecule has 9 heteroatoms. The largest absolute Gasteiger partial charge is 0.326 e. The third-order valence-electron chi connectivity index (χ3n) is 5.80. The molecule has 0 saturated carbocycles. The highest BCUT2D eigenvalue weighted by molar-refractivity contribution is 6.30. The van der Waals surface area contributed by atoms with Crippen molar-refractivity contribution in [2.24, 2.45) is 0 Å². The minimum atomic E-state index is -1.02. The van der Waals surface area contributed by atoms with E-state index in [0.29, 0.717) is 27.5 Å². The van der Waals surface area contributed by atoms with E-state index in [0.717, 1.165) is 4.90 Å². The molecule has 4 amide bonds. The van der Waals surface area contributed by atoms with E-state index in [1.165, 1.54) is 36.1 Å². The van der Waals surface area contributed by atoms with Crippen LogP contribution in [0.5, 0.6) is 0 Å². The van der Waals surface area contributed by atoms with Crippen LogP contribution >= 0.6 is 11.6 Å². The summed E-state index contributed by atoms with van der Waals surface area (Å²) in [6, 6.07) is 17.7. The second-order valence-corrected chi connectivity index (χ2v) is 8.90. The molecule has 184 valence electrons. The highest BCUT2D eigenvalue weighted by Gasteiger charge is 2.44. The number of amides is 4. The molecule has 1 N–H and O–H groups in total. The minimum Gasteiger partial charge on any atom is -0.326 e. The van der Waals surface area contributed by atoms with Crippen molar-refractivity contribution in [3.8, 4) is 0 Å². The highest BCUT2D eigenvalue weighted by Crippen LogP contribution is 2.28. The number of nitrogens with one attached hydrogen (secondary N) is 1. The van der Waals surface area contributed by atoms with Gasteiger partial charge in [-0.25, -0.2) is 9.29 Å². The van der Waals surface area contributed by atoms with Crippen molar-refractivity contribution in [2.75, 3.05) is 10.2 Å². The van der Waals surface area contributed by atoms with Crippen LogP contribution in [0.4, 0.5) is 15.8 Å². The molecule has 0 spiro atoms. The molecule has 0 aromatic heterocycles. The monoisotopic (exact) mass is 507 g/mol. The molecular weight excluding hydrogens is 485 g/mol. The van der Waals surface area contributed by atoms with Crippen molar-refractivity contribution in [3.05, 3.63) is 94.8 Å². The molecule has 3 aromatic rings. The molecular formula is C27H23ClFN3O4. The molecule has 1 unspecified atom stereocenters. The number of nitrogens with zero attached hydrogens (tertiary/aromatic N) is 2. The molecule has 1 fully saturated rings. The summed E-state index contributed by atoms with van der Waals surface area (Å²) in [5.41, 5.74) is 2.20. The predicted octanol–water partition coefficient (Wildman–Crippen LogP) is 4.34. The first-order valence-corrected chi connectivity index (χ1v) is 11.6. The number of hydrogen-bond donors (Lipinski definition) is 1. The molecule has 1 heterocycles. The number of carbonyl (C=O) groups is 4. The predicted molar refractivity (Wildman–Crippen MR) is 134 cm³/mol. The van der Waals surface area contributed by atoms with Gasteiger partial charge < -0.3 is 10.2 Å². The molecule has 0 radical (unpaired) electrons. The van der Waals surface area contributed by atoms with E-state index < -0.39 is 23.7 Å². The Bertz CT molecular complexity index is 1290. The van der Waals surface area contributed by atoms with Gasteiger partial charge in [0.05, 0.1) is 18.5 Å². The van der Waals surface area contributed by atoms with Gasteiger partial charge in [0.15, 0.2) is 0 Å². The van der Waals surface area contributed by atoms with Gasteiger partial charge in [0.2, 0.25) is 17.7 Å². The fraction of sp³-hybridized carbons (Fsp3) is 0.185. The van der Waals surface area contributed by atoms with Gasteiger partial charge in [-0.15, -0.1) is 0 Å². The molecule has 36 heavy (non-hydrogen) atoms. The second kappa shape index (κ2) is 10.7. The zero-order valence-electron chi connectivity index (χ0n) is 19.4. The smallest absolute Gasteiger partial charge is 0.257 e. The van der Waals surface area contributed by atoms with Crippen molar-refractivity contribution >= 4 is 46.6 Å². The number of rotatable bonds is 7. The van der Waals surface area contributed by atoms with Crippen LogP contribution in [-0.2, 0) is 32.1 Å². The Hall–Kier alpha value is -4.04. The van der Waals surface area contributed by atoms with E-state index >= 15 is 0 Å². The fourth-order valence-corrected chi connectivity index (χ4v) is 4.19. The Morgan fingerprint density at radius 3 is 2.19 bits per heavy atom. The summed E-state index contributed by atoms with van der Waals surface area (Å²) in [5.74, 6) is -1.99. The molecule has 4 rings (SSSR count). The maximum absolute atomic E-state index is 13.4. The van der Waals surface area contributed by atoms with Crippen molar-refractivity contribution in [1.29, 1.82) is 0 Å². The van der Waals surface area contributed by atoms with Gasteiger partial charge in [-0.1, -0.05) is 35.9 Å². The first kappa shape index (κ1) is 25.1. The van der Waals surface area contributed by atoms with E-state index in [9.17, 15) is 23.6 Å². The normalized spacial score (nSPS) is 15.2. The lowest BCUT2D eigenvalue weighted by atomic mass is 10.1. The number of anilines is 2. The van der Waals surface area contributed by atoms with Gasteiger partial charge in [0.1, 0.15) is 11.9 Å². The van der Waals surface area contributed by atoms with Crippen molar-refractivity contribution in [2.45, 2.75) is 32.4 Å². The Labute approximate surface area is 212 Å². The van der Waals surface area contributed by atoms with Crippen LogP contribution in [-0.4, -0.2) is 34.6 Å². The zero-order chi connectivity index (χ0) is 25.8. The fourth-order valence-electron chi connectivity index (χ4n) is 4.06. The molecule has 1 aliphatic heterocycles. The van der Waals surface area contributed by atoms with Gasteiger partial charge in [-0.2, -0.15) is 0 Å². The SMILES string of the molecule is CC(=O)Nc1ccc(N2C(=O)CC(N(Cc3ccc(F)cc3)C(=O)Cc3ccc(Cl)cc3)C2=O)cc1. The minimum absolute atomic E-state index is 0.00173. The van der Waals surface area contributed by atoms with Gasteiger partial charge in [0.25, 0.3) is 5.91 Å². The molecule has 0 bridgehead atoms. The summed E-state index contributed by atoms with van der Waals surface area (Å²) in [7, 11) is 0. The molecule has 1 saturated heterocycles. The third-order valence-corrected chi connectivity index (χ3v) is 6.05. The van der Waals surface area contributed by atoms with Crippen LogP contribution in [0.15, 0.2) is 72.8 Å². The lowest BCUT2D eigenvalue weighted by Crippen LogP contribution is -2.45. The summed E-state index contributed by atoms with van der Waals surface area (Å²) < 4.78 is 13.4. The maximum atomic E-state index is 13.4. The Kier molecular flexibility index (Phi) is 7.45. The lowest BCUT2D eigenvalue weighted by molar-refractivity contribution is -0.138. The number of halogens is 2. The summed E-state index contributed by atoms with van der Waals surface area (Å²) in [6.07, 6.45) is -0.179. The number of hydrogen-bond acceptors (Lipinski definition) is 4. The molecule has 7 nitrogen and oxygen atoms in total. The first-order valence-electron chi connectivity index (χ1n) is 11.2. The molecule has 0 aliphatic carbocycles. The van der Waals surface area contributed by atoms with E-state index in [1.54, 1.807) is 48.5 Å². The maximum Gasteiger partial charge on any atom is 0.257 e. The van der Waals surface area contributed by atoms with Crippen LogP contribution in [0.3, 0.4) is 0 Å². The van der Waals surface area contributed by atoms with Crippen molar-refractivity contribution in [3.63, 3.8) is 0 Å². The summed E-state index contributed by atoms with van der Waals surface area (Å²) in [5, 5.41) is 3.16. The summed E-state index contributed by atoms with van der Waals surface area (Å²) >= 11 is 5.94. The van der Waals surface area contributed by atoms with Crippen LogP contribution in [0.2, 0.25) is 5.02 Å². The average Bonchev–Trinajstić information content (AvgIpc) is 3.13. The van der Waals surface area contributed by atoms with Crippen molar-refractivity contribution in [1.82, 2.24) is 4.90 Å². The van der Waals surface area contributed by atoms with E-state index in [-0.39, 0.29) is 31.2 Å². The summed E-state index contributed by atoms with van der Waals surface area (Å²) in [4.78, 5) is 53.4. The van der Waals surface area contributed by atoms with E-state index in [1.807, 2.05) is 0 Å². The van der Waals surface area contributed by atoms with Gasteiger partial charge in [-0.3, -0.25) is 19.2 Å². The van der Waals surface area contributed by atoms with Crippen LogP contribution in [0.1, 0.15) is 24.5 Å². The Balaban J connectivity index is 1.60. The molecule has 1 atom stereocenters. The Morgan fingerprint density at radius 1 is 0.972 bits per heavy atom. The lowest BCUT2D eigenvalue weighted by Gasteiger charge is -2.28. The van der Waals surface area contributed by atoms with Gasteiger partial charge in [-0.05, 0) is 59.7 Å². The Morgan fingerprint density at radius 2 is 1.58 bits per heavy atom. The number of benzene rings is 3. The molecule has 3 aromatic carbocycles. The zero-order valence-corrected chi connectivity index (χ0v) is 20.2. The number of carbonyl (C=O) groups excluding carboxylic acids is 4. The van der Waals surface area contributed by atoms with E-state index in [2.05, 4.69) is 5.32 Å². The quantitative estimate of drug-likeness (QED) is 0.482. The van der Waals surface area contributed by atoms with Gasteiger partial charge >= 0.3 is 0 Å². The first-order chi connectivity index (χ1) is 17.2. The van der Waals surface area contributed by atoms with Crippen molar-refractivity contribution < 1.29 is 23.6 Å². The number of imide groups is 1. The topological polar surface area (TPSA) is 86.8 Å². The van der Waals surface area contributed by atoms with Crippen LogP contribution in [0, 0.1) is 5.82 Å². The standard InChI is InChI=1S/C27H23ClFN3O4/c1-17(33)30-22-10-12-23(13-11-22)32-26(35)15-24(27(32)36)31(16-19-4-8-21(29)9-5-19)25(34)14-18-2-6-20(28)7-3-18/h2-13,24H,14-16H2,1H3,(H,30,33). The highest BCUT2D eigenvalue weighted by atomic mass is 35.5. The third kappa shape index (κ3) is 5.78. The second-order valence-electron chi connectivity index (χ2n) is 8.47. The van der Waals surface area contributed by atoms with Crippen LogP contribution in [0.25, 0.3) is 0 Å². The van der Waals surface area contributed by atoms with Crippen LogP contribution < -0.4 is 10.2 Å². The molecule has 1 aliphatic rings. The average molecular weight is 508 g/mol. The van der Waals surface area contributed by atoms with E-state index in [4.69, 9.17) is 11.6 Å². The van der Waals surface area contributed by atoms with Gasteiger partial charge in [0, 0.05) is 24.2 Å².